The summed E-state index contributed by atoms with van der Waals surface area (Å²) >= 11 is 0. The Morgan fingerprint density at radius 3 is 2.00 bits per heavy atom. The number of primary amides is 1. The van der Waals surface area contributed by atoms with Gasteiger partial charge in [-0.1, -0.05) is 91.0 Å². The zero-order valence-electron chi connectivity index (χ0n) is 22.2. The van der Waals surface area contributed by atoms with Crippen molar-refractivity contribution in [2.75, 3.05) is 19.7 Å². The van der Waals surface area contributed by atoms with Crippen LogP contribution in [0.25, 0.3) is 0 Å². The molecule has 0 heterocycles. The lowest BCUT2D eigenvalue weighted by molar-refractivity contribution is -0.137. The number of ether oxygens (including phenoxy) is 1. The Morgan fingerprint density at radius 1 is 0.800 bits per heavy atom. The summed E-state index contributed by atoms with van der Waals surface area (Å²) in [5.74, 6) is 0.342. The molecule has 1 amide bonds. The average Bonchev–Trinajstić information content (AvgIpc) is 2.95. The topological polar surface area (TPSA) is 55.6 Å². The van der Waals surface area contributed by atoms with E-state index in [2.05, 4.69) is 29.2 Å². The molecule has 0 aliphatic heterocycles. The summed E-state index contributed by atoms with van der Waals surface area (Å²) in [6, 6.07) is 33.1. The van der Waals surface area contributed by atoms with Crippen LogP contribution >= 0.6 is 0 Å². The average molecular weight is 547 g/mol. The minimum atomic E-state index is -4.39. The summed E-state index contributed by atoms with van der Waals surface area (Å²) in [5, 5.41) is 0. The van der Waals surface area contributed by atoms with Crippen molar-refractivity contribution in [2.24, 2.45) is 5.73 Å². The Bertz CT molecular complexity index is 1300. The molecule has 0 saturated carbocycles. The van der Waals surface area contributed by atoms with Gasteiger partial charge in [0.1, 0.15) is 5.75 Å². The maximum Gasteiger partial charge on any atom is 0.416 e. The minimum absolute atomic E-state index is 0.0481. The summed E-state index contributed by atoms with van der Waals surface area (Å²) < 4.78 is 46.1. The molecule has 7 heteroatoms. The Kier molecular flexibility index (Phi) is 9.97. The largest absolute Gasteiger partial charge is 0.494 e. The third-order valence-corrected chi connectivity index (χ3v) is 6.69. The molecule has 2 N–H and O–H groups in total. The molecule has 0 radical (unpaired) electrons. The number of alkyl halides is 3. The molecule has 0 saturated heterocycles. The zero-order valence-corrected chi connectivity index (χ0v) is 22.2. The van der Waals surface area contributed by atoms with Crippen molar-refractivity contribution >= 4 is 5.91 Å². The van der Waals surface area contributed by atoms with Crippen LogP contribution in [0.15, 0.2) is 109 Å². The fourth-order valence-corrected chi connectivity index (χ4v) is 4.75. The van der Waals surface area contributed by atoms with Gasteiger partial charge in [0.05, 0.1) is 18.6 Å². The second-order valence-electron chi connectivity index (χ2n) is 9.80. The molecule has 0 aromatic heterocycles. The standard InChI is InChI=1S/C33H33F3N2O2/c34-33(35,36)29-14-7-9-26(21-29)23-38(19-8-20-40-30-17-15-25(16-18-30)22-32(37)39)24-31(27-10-3-1-4-11-27)28-12-5-2-6-13-28/h1-7,9-18,21,31H,8,19-20,22-24H2,(H2,37,39). The van der Waals surface area contributed by atoms with E-state index in [1.807, 2.05) is 48.5 Å². The lowest BCUT2D eigenvalue weighted by atomic mass is 9.90. The summed E-state index contributed by atoms with van der Waals surface area (Å²) in [7, 11) is 0. The Labute approximate surface area is 233 Å². The maximum atomic E-state index is 13.4. The fraction of sp³-hybridized carbons (Fsp3) is 0.242. The van der Waals surface area contributed by atoms with Crippen LogP contribution in [0.3, 0.4) is 0 Å². The first kappa shape index (κ1) is 28.9. The molecule has 0 bridgehead atoms. The fourth-order valence-electron chi connectivity index (χ4n) is 4.75. The highest BCUT2D eigenvalue weighted by Gasteiger charge is 2.30. The number of nitrogens with zero attached hydrogens (tertiary/aromatic N) is 1. The minimum Gasteiger partial charge on any atom is -0.494 e. The molecule has 0 aliphatic rings. The second kappa shape index (κ2) is 13.8. The van der Waals surface area contributed by atoms with Crippen LogP contribution in [0.4, 0.5) is 13.2 Å². The van der Waals surface area contributed by atoms with Gasteiger partial charge in [-0.05, 0) is 46.9 Å². The van der Waals surface area contributed by atoms with Crippen molar-refractivity contribution in [1.82, 2.24) is 4.90 Å². The van der Waals surface area contributed by atoms with E-state index < -0.39 is 11.7 Å². The van der Waals surface area contributed by atoms with Crippen molar-refractivity contribution in [3.05, 3.63) is 137 Å². The highest BCUT2D eigenvalue weighted by Crippen LogP contribution is 2.31. The number of halogens is 3. The van der Waals surface area contributed by atoms with E-state index >= 15 is 0 Å². The van der Waals surface area contributed by atoms with Crippen LogP contribution < -0.4 is 10.5 Å². The predicted molar refractivity (Wildman–Crippen MR) is 151 cm³/mol. The molecule has 0 spiro atoms. The highest BCUT2D eigenvalue weighted by molar-refractivity contribution is 5.76. The van der Waals surface area contributed by atoms with Crippen LogP contribution in [-0.4, -0.2) is 30.5 Å². The second-order valence-corrected chi connectivity index (χ2v) is 9.80. The Morgan fingerprint density at radius 2 is 1.43 bits per heavy atom. The first-order valence-electron chi connectivity index (χ1n) is 13.3. The lowest BCUT2D eigenvalue weighted by Gasteiger charge is -2.29. The van der Waals surface area contributed by atoms with Crippen LogP contribution in [0, 0.1) is 0 Å². The van der Waals surface area contributed by atoms with Gasteiger partial charge in [0.2, 0.25) is 5.91 Å². The van der Waals surface area contributed by atoms with Gasteiger partial charge in [0.15, 0.2) is 0 Å². The molecule has 40 heavy (non-hydrogen) atoms. The van der Waals surface area contributed by atoms with Crippen molar-refractivity contribution in [2.45, 2.75) is 31.5 Å². The quantitative estimate of drug-likeness (QED) is 0.187. The number of carbonyl (C=O) groups is 1. The normalized spacial score (nSPS) is 11.6. The van der Waals surface area contributed by atoms with Crippen LogP contribution in [0.1, 0.15) is 40.2 Å². The van der Waals surface area contributed by atoms with Gasteiger partial charge in [0.25, 0.3) is 0 Å². The van der Waals surface area contributed by atoms with E-state index in [1.54, 1.807) is 18.2 Å². The van der Waals surface area contributed by atoms with Crippen LogP contribution in [-0.2, 0) is 23.9 Å². The van der Waals surface area contributed by atoms with Crippen LogP contribution in [0.2, 0.25) is 0 Å². The number of rotatable bonds is 13. The molecular formula is C33H33F3N2O2. The van der Waals surface area contributed by atoms with Gasteiger partial charge in [0, 0.05) is 25.6 Å². The van der Waals surface area contributed by atoms with Gasteiger partial charge < -0.3 is 10.5 Å². The first-order valence-corrected chi connectivity index (χ1v) is 13.3. The third kappa shape index (κ3) is 8.71. The number of hydrogen-bond acceptors (Lipinski definition) is 3. The van der Waals surface area contributed by atoms with E-state index in [0.29, 0.717) is 44.0 Å². The van der Waals surface area contributed by atoms with Gasteiger partial charge in [-0.3, -0.25) is 9.69 Å². The molecule has 4 aromatic rings. The number of benzene rings is 4. The number of carbonyl (C=O) groups excluding carboxylic acids is 1. The molecule has 0 unspecified atom stereocenters. The van der Waals surface area contributed by atoms with Crippen LogP contribution in [0.5, 0.6) is 5.75 Å². The molecule has 0 fully saturated rings. The summed E-state index contributed by atoms with van der Waals surface area (Å²) in [6.45, 7) is 2.08. The first-order chi connectivity index (χ1) is 19.3. The SMILES string of the molecule is NC(=O)Cc1ccc(OCCCN(Cc2cccc(C(F)(F)F)c2)CC(c2ccccc2)c2ccccc2)cc1. The monoisotopic (exact) mass is 546 g/mol. The highest BCUT2D eigenvalue weighted by atomic mass is 19.4. The molecule has 4 nitrogen and oxygen atoms in total. The smallest absolute Gasteiger partial charge is 0.416 e. The number of amides is 1. The molecule has 0 aliphatic carbocycles. The summed E-state index contributed by atoms with van der Waals surface area (Å²) in [4.78, 5) is 13.3. The molecule has 0 atom stereocenters. The van der Waals surface area contributed by atoms with Gasteiger partial charge in [-0.15, -0.1) is 0 Å². The summed E-state index contributed by atoms with van der Waals surface area (Å²) in [6.07, 6.45) is -3.54. The van der Waals surface area contributed by atoms with E-state index in [-0.39, 0.29) is 18.2 Å². The van der Waals surface area contributed by atoms with Crippen molar-refractivity contribution in [1.29, 1.82) is 0 Å². The summed E-state index contributed by atoms with van der Waals surface area (Å²) in [5.41, 5.74) is 8.34. The molecule has 4 rings (SSSR count). The Hall–Kier alpha value is -4.10. The maximum absolute atomic E-state index is 13.4. The number of nitrogens with two attached hydrogens (primary N) is 1. The molecule has 208 valence electrons. The van der Waals surface area contributed by atoms with Gasteiger partial charge in [-0.25, -0.2) is 0 Å². The Balaban J connectivity index is 1.49. The van der Waals surface area contributed by atoms with Crippen molar-refractivity contribution in [3.8, 4) is 5.75 Å². The van der Waals surface area contributed by atoms with E-state index in [9.17, 15) is 18.0 Å². The van der Waals surface area contributed by atoms with E-state index in [0.717, 1.165) is 22.8 Å². The van der Waals surface area contributed by atoms with Crippen molar-refractivity contribution in [3.63, 3.8) is 0 Å². The molecular weight excluding hydrogens is 513 g/mol. The number of hydrogen-bond donors (Lipinski definition) is 1. The van der Waals surface area contributed by atoms with E-state index in [1.165, 1.54) is 12.1 Å². The van der Waals surface area contributed by atoms with Crippen molar-refractivity contribution < 1.29 is 22.7 Å². The third-order valence-electron chi connectivity index (χ3n) is 6.69. The van der Waals surface area contributed by atoms with Gasteiger partial charge in [-0.2, -0.15) is 13.2 Å². The van der Waals surface area contributed by atoms with Gasteiger partial charge >= 0.3 is 6.18 Å². The molecule has 4 aromatic carbocycles. The lowest BCUT2D eigenvalue weighted by Crippen LogP contribution is -2.31. The zero-order chi connectivity index (χ0) is 28.4. The predicted octanol–water partition coefficient (Wildman–Crippen LogP) is 6.84. The van der Waals surface area contributed by atoms with E-state index in [4.69, 9.17) is 10.5 Å².